The molecule has 1 N–H and O–H groups in total. The minimum atomic E-state index is -0.410. The zero-order valence-electron chi connectivity index (χ0n) is 15.6. The summed E-state index contributed by atoms with van der Waals surface area (Å²) in [5.74, 6) is 0.244. The van der Waals surface area contributed by atoms with E-state index < -0.39 is 5.97 Å². The number of esters is 1. The lowest BCUT2D eigenvalue weighted by molar-refractivity contribution is 0.0467. The van der Waals surface area contributed by atoms with Gasteiger partial charge in [-0.25, -0.2) is 4.79 Å². The molecule has 3 aromatic carbocycles. The summed E-state index contributed by atoms with van der Waals surface area (Å²) >= 11 is 0. The van der Waals surface area contributed by atoms with E-state index in [0.29, 0.717) is 17.0 Å². The first kappa shape index (κ1) is 18.5. The van der Waals surface area contributed by atoms with Gasteiger partial charge >= 0.3 is 5.97 Å². The van der Waals surface area contributed by atoms with Crippen molar-refractivity contribution in [3.05, 3.63) is 101 Å². The number of nitrogens with one attached hydrogen (secondary N) is 1. The highest BCUT2D eigenvalue weighted by Crippen LogP contribution is 2.23. The first-order valence-electron chi connectivity index (χ1n) is 9.22. The first-order chi connectivity index (χ1) is 14.2. The molecule has 0 amide bonds. The van der Waals surface area contributed by atoms with E-state index in [4.69, 9.17) is 9.47 Å². The number of aromatic amines is 1. The molecule has 4 rings (SSSR count). The molecule has 0 aliphatic rings. The predicted octanol–water partition coefficient (Wildman–Crippen LogP) is 4.92. The van der Waals surface area contributed by atoms with Crippen LogP contribution in [-0.4, -0.2) is 17.2 Å². The molecule has 1 aromatic heterocycles. The smallest absolute Gasteiger partial charge is 0.355 e. The van der Waals surface area contributed by atoms with Crippen LogP contribution in [0.3, 0.4) is 0 Å². The second-order valence-corrected chi connectivity index (χ2v) is 6.60. The Morgan fingerprint density at radius 2 is 1.69 bits per heavy atom. The monoisotopic (exact) mass is 385 g/mol. The van der Waals surface area contributed by atoms with Crippen molar-refractivity contribution in [2.24, 2.45) is 0 Å². The number of carbonyl (C=O) groups is 2. The summed E-state index contributed by atoms with van der Waals surface area (Å²) < 4.78 is 11.2. The second kappa shape index (κ2) is 8.44. The van der Waals surface area contributed by atoms with Gasteiger partial charge in [-0.3, -0.25) is 4.79 Å². The van der Waals surface area contributed by atoms with Gasteiger partial charge in [0.1, 0.15) is 30.9 Å². The fraction of sp³-hybridized carbons (Fsp3) is 0.0833. The number of hydrogen-bond donors (Lipinski definition) is 1. The Bertz CT molecular complexity index is 1150. The number of carbonyl (C=O) groups excluding carboxylic acids is 2. The molecule has 0 fully saturated rings. The number of H-pyrrole nitrogens is 1. The summed E-state index contributed by atoms with van der Waals surface area (Å²) in [6.07, 6.45) is 0.821. The van der Waals surface area contributed by atoms with Gasteiger partial charge in [-0.05, 0) is 35.4 Å². The van der Waals surface area contributed by atoms with Gasteiger partial charge < -0.3 is 14.5 Å². The molecule has 0 radical (unpaired) electrons. The lowest BCUT2D eigenvalue weighted by Crippen LogP contribution is -2.05. The Labute approximate surface area is 167 Å². The summed E-state index contributed by atoms with van der Waals surface area (Å²) in [5.41, 5.74) is 3.57. The van der Waals surface area contributed by atoms with E-state index in [1.165, 1.54) is 0 Å². The number of hydrogen-bond acceptors (Lipinski definition) is 4. The van der Waals surface area contributed by atoms with Crippen LogP contribution in [0.5, 0.6) is 5.75 Å². The number of fused-ring (bicyclic) bond motifs is 1. The molecule has 0 saturated heterocycles. The minimum Gasteiger partial charge on any atom is -0.489 e. The van der Waals surface area contributed by atoms with Crippen LogP contribution < -0.4 is 4.74 Å². The normalized spacial score (nSPS) is 10.6. The molecule has 1 heterocycles. The van der Waals surface area contributed by atoms with Crippen LogP contribution in [-0.2, 0) is 18.0 Å². The van der Waals surface area contributed by atoms with Crippen molar-refractivity contribution in [1.82, 2.24) is 4.98 Å². The van der Waals surface area contributed by atoms with E-state index in [2.05, 4.69) is 4.98 Å². The Hall–Kier alpha value is -3.86. The number of rotatable bonds is 7. The van der Waals surface area contributed by atoms with E-state index >= 15 is 0 Å². The van der Waals surface area contributed by atoms with Gasteiger partial charge in [0, 0.05) is 16.5 Å². The van der Waals surface area contributed by atoms with E-state index in [-0.39, 0.29) is 13.2 Å². The highest BCUT2D eigenvalue weighted by molar-refractivity contribution is 5.95. The van der Waals surface area contributed by atoms with Crippen LogP contribution in [0.1, 0.15) is 32.0 Å². The standard InChI is InChI=1S/C24H19NO4/c26-14-18-8-4-5-9-19(18)16-28-21-10-11-22-20(12-21)13-23(25-22)24(27)29-15-17-6-2-1-3-7-17/h1-14,25H,15-16H2. The van der Waals surface area contributed by atoms with Gasteiger partial charge in [0.05, 0.1) is 0 Å². The van der Waals surface area contributed by atoms with Crippen LogP contribution in [0.4, 0.5) is 0 Å². The van der Waals surface area contributed by atoms with E-state index in [9.17, 15) is 9.59 Å². The molecule has 5 heteroatoms. The first-order valence-corrected chi connectivity index (χ1v) is 9.22. The topological polar surface area (TPSA) is 68.4 Å². The van der Waals surface area contributed by atoms with Crippen LogP contribution in [0.25, 0.3) is 10.9 Å². The number of ether oxygens (including phenoxy) is 2. The molecular formula is C24H19NO4. The maximum absolute atomic E-state index is 12.3. The van der Waals surface area contributed by atoms with Crippen molar-refractivity contribution in [3.63, 3.8) is 0 Å². The Morgan fingerprint density at radius 1 is 0.897 bits per heavy atom. The molecule has 4 aromatic rings. The maximum Gasteiger partial charge on any atom is 0.355 e. The van der Waals surface area contributed by atoms with Gasteiger partial charge in [-0.1, -0.05) is 54.6 Å². The molecule has 0 aliphatic heterocycles. The van der Waals surface area contributed by atoms with E-state index in [0.717, 1.165) is 28.3 Å². The minimum absolute atomic E-state index is 0.222. The predicted molar refractivity (Wildman–Crippen MR) is 110 cm³/mol. The molecule has 0 unspecified atom stereocenters. The largest absolute Gasteiger partial charge is 0.489 e. The quantitative estimate of drug-likeness (QED) is 0.362. The van der Waals surface area contributed by atoms with Crippen molar-refractivity contribution < 1.29 is 19.1 Å². The lowest BCUT2D eigenvalue weighted by Gasteiger charge is -2.08. The average molecular weight is 385 g/mol. The summed E-state index contributed by atoms with van der Waals surface area (Å²) in [6, 6.07) is 24.1. The van der Waals surface area contributed by atoms with Crippen molar-refractivity contribution in [3.8, 4) is 5.75 Å². The molecule has 5 nitrogen and oxygen atoms in total. The molecular weight excluding hydrogens is 366 g/mol. The molecule has 0 spiro atoms. The number of benzene rings is 3. The average Bonchev–Trinajstić information content (AvgIpc) is 3.20. The second-order valence-electron chi connectivity index (χ2n) is 6.60. The molecule has 0 atom stereocenters. The Balaban J connectivity index is 1.44. The third kappa shape index (κ3) is 4.35. The maximum atomic E-state index is 12.3. The van der Waals surface area contributed by atoms with Crippen LogP contribution in [0, 0.1) is 0 Å². The SMILES string of the molecule is O=Cc1ccccc1COc1ccc2[nH]c(C(=O)OCc3ccccc3)cc2c1. The van der Waals surface area contributed by atoms with Gasteiger partial charge in [-0.2, -0.15) is 0 Å². The highest BCUT2D eigenvalue weighted by Gasteiger charge is 2.12. The molecule has 0 bridgehead atoms. The summed E-state index contributed by atoms with van der Waals surface area (Å²) in [5, 5.41) is 0.845. The van der Waals surface area contributed by atoms with E-state index in [1.807, 2.05) is 66.7 Å². The van der Waals surface area contributed by atoms with Crippen molar-refractivity contribution in [2.45, 2.75) is 13.2 Å². The Kier molecular flexibility index (Phi) is 5.38. The van der Waals surface area contributed by atoms with E-state index in [1.54, 1.807) is 12.1 Å². The molecule has 29 heavy (non-hydrogen) atoms. The fourth-order valence-corrected chi connectivity index (χ4v) is 3.05. The molecule has 0 saturated carbocycles. The number of aldehydes is 1. The number of aromatic nitrogens is 1. The zero-order chi connectivity index (χ0) is 20.1. The zero-order valence-corrected chi connectivity index (χ0v) is 15.6. The highest BCUT2D eigenvalue weighted by atomic mass is 16.5. The van der Waals surface area contributed by atoms with Crippen LogP contribution in [0.15, 0.2) is 78.9 Å². The third-order valence-corrected chi connectivity index (χ3v) is 4.60. The van der Waals surface area contributed by atoms with Crippen molar-refractivity contribution >= 4 is 23.2 Å². The molecule has 144 valence electrons. The van der Waals surface area contributed by atoms with Gasteiger partial charge in [0.15, 0.2) is 0 Å². The summed E-state index contributed by atoms with van der Waals surface area (Å²) in [6.45, 7) is 0.510. The lowest BCUT2D eigenvalue weighted by atomic mass is 10.1. The van der Waals surface area contributed by atoms with Gasteiger partial charge in [0.2, 0.25) is 0 Å². The summed E-state index contributed by atoms with van der Waals surface area (Å²) in [7, 11) is 0. The fourth-order valence-electron chi connectivity index (χ4n) is 3.05. The van der Waals surface area contributed by atoms with Crippen LogP contribution >= 0.6 is 0 Å². The van der Waals surface area contributed by atoms with Gasteiger partial charge in [0.25, 0.3) is 0 Å². The Morgan fingerprint density at radius 3 is 2.52 bits per heavy atom. The molecule has 0 aliphatic carbocycles. The third-order valence-electron chi connectivity index (χ3n) is 4.60. The van der Waals surface area contributed by atoms with Gasteiger partial charge in [-0.15, -0.1) is 0 Å². The van der Waals surface area contributed by atoms with Crippen LogP contribution in [0.2, 0.25) is 0 Å². The van der Waals surface area contributed by atoms with Crippen molar-refractivity contribution in [2.75, 3.05) is 0 Å². The van der Waals surface area contributed by atoms with Crippen molar-refractivity contribution in [1.29, 1.82) is 0 Å². The summed E-state index contributed by atoms with van der Waals surface area (Å²) in [4.78, 5) is 26.5.